The van der Waals surface area contributed by atoms with Crippen molar-refractivity contribution in [1.82, 2.24) is 16.0 Å². The van der Waals surface area contributed by atoms with Crippen molar-refractivity contribution in [2.45, 2.75) is 97.7 Å². The highest BCUT2D eigenvalue weighted by Crippen LogP contribution is 2.08. The molecule has 0 aromatic heterocycles. The van der Waals surface area contributed by atoms with Crippen molar-refractivity contribution >= 4 is 0 Å². The lowest BCUT2D eigenvalue weighted by atomic mass is 10.1. The van der Waals surface area contributed by atoms with Crippen LogP contribution >= 0.6 is 0 Å². The first-order valence-corrected chi connectivity index (χ1v) is 7.89. The molecule has 19 heavy (non-hydrogen) atoms. The van der Waals surface area contributed by atoms with Gasteiger partial charge in [-0.1, -0.05) is 20.8 Å². The van der Waals surface area contributed by atoms with Crippen molar-refractivity contribution in [3.63, 3.8) is 0 Å². The first-order valence-electron chi connectivity index (χ1n) is 7.89. The van der Waals surface area contributed by atoms with E-state index in [0.717, 1.165) is 19.3 Å². The van der Waals surface area contributed by atoms with E-state index in [9.17, 15) is 0 Å². The molecule has 116 valence electrons. The minimum atomic E-state index is -0.575. The second kappa shape index (κ2) is 8.90. The molecule has 4 atom stereocenters. The molecule has 4 unspecified atom stereocenters. The van der Waals surface area contributed by atoms with E-state index >= 15 is 0 Å². The number of hydrogen-bond acceptors (Lipinski definition) is 4. The molecule has 0 saturated carbocycles. The van der Waals surface area contributed by atoms with Crippen LogP contribution in [0.25, 0.3) is 0 Å². The Kier molecular flexibility index (Phi) is 8.83. The maximum absolute atomic E-state index is 6.61. The van der Waals surface area contributed by atoms with Crippen LogP contribution in [0.2, 0.25) is 0 Å². The van der Waals surface area contributed by atoms with Gasteiger partial charge in [0.1, 0.15) is 5.79 Å². The van der Waals surface area contributed by atoms with E-state index in [0.29, 0.717) is 18.1 Å². The predicted molar refractivity (Wildman–Crippen MR) is 85.0 cm³/mol. The standard InChI is InChI=1S/C15H36N4/c1-8-11(4)17-14(7)15(16,18-12(5)9-2)19-13(6)10-3/h11-14,17-19H,8-10,16H2,1-7H3. The molecule has 0 aromatic carbocycles. The van der Waals surface area contributed by atoms with E-state index < -0.39 is 5.79 Å². The molecule has 0 saturated heterocycles. The van der Waals surface area contributed by atoms with Crippen molar-refractivity contribution in [2.24, 2.45) is 5.73 Å². The van der Waals surface area contributed by atoms with E-state index in [-0.39, 0.29) is 6.04 Å². The number of rotatable bonds is 10. The Morgan fingerprint density at radius 3 is 1.47 bits per heavy atom. The summed E-state index contributed by atoms with van der Waals surface area (Å²) in [4.78, 5) is 0. The molecule has 0 amide bonds. The fourth-order valence-electron chi connectivity index (χ4n) is 1.99. The van der Waals surface area contributed by atoms with Crippen molar-refractivity contribution in [3.05, 3.63) is 0 Å². The van der Waals surface area contributed by atoms with Gasteiger partial charge < -0.3 is 5.32 Å². The first-order chi connectivity index (χ1) is 8.78. The van der Waals surface area contributed by atoms with Gasteiger partial charge in [0, 0.05) is 24.2 Å². The van der Waals surface area contributed by atoms with Crippen LogP contribution in [-0.2, 0) is 0 Å². The summed E-state index contributed by atoms with van der Waals surface area (Å²) in [7, 11) is 0. The van der Waals surface area contributed by atoms with Crippen molar-refractivity contribution in [1.29, 1.82) is 0 Å². The molecule has 0 fully saturated rings. The molecule has 0 spiro atoms. The minimum Gasteiger partial charge on any atom is -0.307 e. The molecule has 0 heterocycles. The molecular formula is C15H36N4. The van der Waals surface area contributed by atoms with Gasteiger partial charge in [0.05, 0.1) is 0 Å². The van der Waals surface area contributed by atoms with E-state index in [1.807, 2.05) is 0 Å². The lowest BCUT2D eigenvalue weighted by molar-refractivity contribution is 0.152. The number of hydrogen-bond donors (Lipinski definition) is 4. The van der Waals surface area contributed by atoms with Crippen LogP contribution < -0.4 is 21.7 Å². The maximum atomic E-state index is 6.61. The summed E-state index contributed by atoms with van der Waals surface area (Å²) in [5.41, 5.74) is 6.61. The summed E-state index contributed by atoms with van der Waals surface area (Å²) in [5, 5.41) is 10.7. The quantitative estimate of drug-likeness (QED) is 0.460. The van der Waals surface area contributed by atoms with E-state index in [1.165, 1.54) is 0 Å². The third-order valence-electron chi connectivity index (χ3n) is 4.03. The van der Waals surface area contributed by atoms with E-state index in [2.05, 4.69) is 64.4 Å². The van der Waals surface area contributed by atoms with Gasteiger partial charge in [-0.2, -0.15) is 0 Å². The van der Waals surface area contributed by atoms with E-state index in [4.69, 9.17) is 5.73 Å². The highest BCUT2D eigenvalue weighted by Gasteiger charge is 2.34. The van der Waals surface area contributed by atoms with Gasteiger partial charge in [0.15, 0.2) is 0 Å². The van der Waals surface area contributed by atoms with Gasteiger partial charge in [-0.3, -0.25) is 16.4 Å². The average molecular weight is 272 g/mol. The molecule has 0 rings (SSSR count). The second-order valence-corrected chi connectivity index (χ2v) is 5.97. The summed E-state index contributed by atoms with van der Waals surface area (Å²) in [6.07, 6.45) is 3.24. The van der Waals surface area contributed by atoms with Gasteiger partial charge in [-0.25, -0.2) is 0 Å². The zero-order valence-corrected chi connectivity index (χ0v) is 14.0. The molecule has 0 aliphatic rings. The topological polar surface area (TPSA) is 62.1 Å². The summed E-state index contributed by atoms with van der Waals surface area (Å²) in [5.74, 6) is -0.575. The van der Waals surface area contributed by atoms with Gasteiger partial charge in [0.2, 0.25) is 0 Å². The monoisotopic (exact) mass is 272 g/mol. The molecule has 0 bridgehead atoms. The fourth-order valence-corrected chi connectivity index (χ4v) is 1.99. The number of nitrogens with one attached hydrogen (secondary N) is 3. The maximum Gasteiger partial charge on any atom is 0.137 e. The predicted octanol–water partition coefficient (Wildman–Crippen LogP) is 2.15. The van der Waals surface area contributed by atoms with Gasteiger partial charge in [0.25, 0.3) is 0 Å². The Morgan fingerprint density at radius 2 is 1.16 bits per heavy atom. The van der Waals surface area contributed by atoms with Crippen LogP contribution in [0.3, 0.4) is 0 Å². The van der Waals surface area contributed by atoms with E-state index in [1.54, 1.807) is 0 Å². The molecule has 0 aliphatic carbocycles. The lowest BCUT2D eigenvalue weighted by Gasteiger charge is -2.42. The van der Waals surface area contributed by atoms with Crippen LogP contribution in [0.1, 0.15) is 67.7 Å². The third kappa shape index (κ3) is 6.70. The average Bonchev–Trinajstić information content (AvgIpc) is 2.37. The van der Waals surface area contributed by atoms with Crippen LogP contribution in [0, 0.1) is 0 Å². The third-order valence-corrected chi connectivity index (χ3v) is 4.03. The Labute approximate surface area is 120 Å². The Hall–Kier alpha value is -0.160. The Morgan fingerprint density at radius 1 is 0.789 bits per heavy atom. The summed E-state index contributed by atoms with van der Waals surface area (Å²) in [6.45, 7) is 15.2. The molecule has 4 heteroatoms. The van der Waals surface area contributed by atoms with Crippen molar-refractivity contribution in [3.8, 4) is 0 Å². The molecule has 5 N–H and O–H groups in total. The fraction of sp³-hybridized carbons (Fsp3) is 1.00. The second-order valence-electron chi connectivity index (χ2n) is 5.97. The van der Waals surface area contributed by atoms with Crippen LogP contribution in [0.4, 0.5) is 0 Å². The molecule has 0 radical (unpaired) electrons. The summed E-state index contributed by atoms with van der Waals surface area (Å²) >= 11 is 0. The van der Waals surface area contributed by atoms with Crippen LogP contribution in [-0.4, -0.2) is 30.0 Å². The van der Waals surface area contributed by atoms with Crippen LogP contribution in [0.15, 0.2) is 0 Å². The normalized spacial score (nSPS) is 21.5. The minimum absolute atomic E-state index is 0.158. The van der Waals surface area contributed by atoms with Crippen molar-refractivity contribution < 1.29 is 0 Å². The Bertz CT molecular complexity index is 220. The molecule has 0 aliphatic heterocycles. The summed E-state index contributed by atoms with van der Waals surface area (Å²) < 4.78 is 0. The summed E-state index contributed by atoms with van der Waals surface area (Å²) in [6, 6.07) is 1.41. The van der Waals surface area contributed by atoms with Gasteiger partial charge in [-0.15, -0.1) is 0 Å². The highest BCUT2D eigenvalue weighted by molar-refractivity contribution is 4.93. The molecular weight excluding hydrogens is 236 g/mol. The van der Waals surface area contributed by atoms with Crippen molar-refractivity contribution in [2.75, 3.05) is 0 Å². The molecule has 4 nitrogen and oxygen atoms in total. The highest BCUT2D eigenvalue weighted by atomic mass is 15.3. The number of nitrogens with two attached hydrogens (primary N) is 1. The Balaban J connectivity index is 4.80. The SMILES string of the molecule is CCC(C)NC(C)C(N)(NC(C)CC)NC(C)CC. The van der Waals surface area contributed by atoms with Crippen LogP contribution in [0.5, 0.6) is 0 Å². The largest absolute Gasteiger partial charge is 0.307 e. The smallest absolute Gasteiger partial charge is 0.137 e. The van der Waals surface area contributed by atoms with Gasteiger partial charge >= 0.3 is 0 Å². The molecule has 0 aromatic rings. The zero-order valence-electron chi connectivity index (χ0n) is 14.0. The van der Waals surface area contributed by atoms with Gasteiger partial charge in [-0.05, 0) is 47.0 Å². The first kappa shape index (κ1) is 18.8. The zero-order chi connectivity index (χ0) is 15.1. The lowest BCUT2D eigenvalue weighted by Crippen LogP contribution is -2.76.